The fourth-order valence-corrected chi connectivity index (χ4v) is 3.13. The van der Waals surface area contributed by atoms with Crippen molar-refractivity contribution in [1.82, 2.24) is 15.1 Å². The van der Waals surface area contributed by atoms with E-state index in [4.69, 9.17) is 5.11 Å². The Bertz CT molecular complexity index is 387. The fraction of sp³-hybridized carbons (Fsp3) is 0.750. The Morgan fingerprint density at radius 1 is 1.40 bits per heavy atom. The molecule has 8 heteroatoms. The molecule has 0 saturated carbocycles. The summed E-state index contributed by atoms with van der Waals surface area (Å²) in [4.78, 5) is 38.0. The first-order chi connectivity index (χ1) is 9.42. The molecule has 20 heavy (non-hydrogen) atoms. The van der Waals surface area contributed by atoms with E-state index in [-0.39, 0.29) is 5.91 Å². The first kappa shape index (κ1) is 16.6. The Hall–Kier alpha value is -1.44. The molecule has 0 radical (unpaired) electrons. The van der Waals surface area contributed by atoms with Gasteiger partial charge >= 0.3 is 12.0 Å². The standard InChI is InChI=1S/C12H21N3O4S/c1-4-14(5-2)10(16)8(3)13-12(19)15-7-20-6-9(15)11(17)18/h8-9H,4-7H2,1-3H3,(H,13,19)(H,17,18). The number of hydrogen-bond donors (Lipinski definition) is 2. The Morgan fingerprint density at radius 2 is 2.00 bits per heavy atom. The van der Waals surface area contributed by atoms with E-state index in [0.29, 0.717) is 24.7 Å². The molecule has 1 fully saturated rings. The van der Waals surface area contributed by atoms with Crippen molar-refractivity contribution in [2.24, 2.45) is 0 Å². The third-order valence-corrected chi connectivity index (χ3v) is 4.23. The van der Waals surface area contributed by atoms with Crippen LogP contribution in [0.15, 0.2) is 0 Å². The molecular formula is C12H21N3O4S. The highest BCUT2D eigenvalue weighted by Gasteiger charge is 2.35. The molecule has 1 rings (SSSR count). The minimum absolute atomic E-state index is 0.165. The number of aliphatic carboxylic acids is 1. The molecule has 1 heterocycles. The Morgan fingerprint density at radius 3 is 2.50 bits per heavy atom. The zero-order valence-corrected chi connectivity index (χ0v) is 12.8. The van der Waals surface area contributed by atoms with Crippen LogP contribution in [0, 0.1) is 0 Å². The number of likely N-dealkylation sites (N-methyl/N-ethyl adjacent to an activating group) is 1. The van der Waals surface area contributed by atoms with E-state index in [0.717, 1.165) is 0 Å². The normalized spacial score (nSPS) is 19.6. The van der Waals surface area contributed by atoms with Crippen LogP contribution in [0.1, 0.15) is 20.8 Å². The van der Waals surface area contributed by atoms with Crippen molar-refractivity contribution in [3.63, 3.8) is 0 Å². The molecule has 114 valence electrons. The Kier molecular flexibility index (Phi) is 6.12. The zero-order chi connectivity index (χ0) is 15.3. The van der Waals surface area contributed by atoms with E-state index in [1.165, 1.54) is 16.7 Å². The van der Waals surface area contributed by atoms with E-state index in [1.54, 1.807) is 11.8 Å². The summed E-state index contributed by atoms with van der Waals surface area (Å²) >= 11 is 1.39. The van der Waals surface area contributed by atoms with Gasteiger partial charge in [-0.2, -0.15) is 0 Å². The van der Waals surface area contributed by atoms with Crippen molar-refractivity contribution in [3.8, 4) is 0 Å². The van der Waals surface area contributed by atoms with Crippen LogP contribution in [-0.2, 0) is 9.59 Å². The highest BCUT2D eigenvalue weighted by molar-refractivity contribution is 7.99. The van der Waals surface area contributed by atoms with E-state index in [2.05, 4.69) is 5.32 Å². The fourth-order valence-electron chi connectivity index (χ4n) is 1.99. The van der Waals surface area contributed by atoms with E-state index in [9.17, 15) is 14.4 Å². The predicted octanol–water partition coefficient (Wildman–Crippen LogP) is 0.412. The summed E-state index contributed by atoms with van der Waals surface area (Å²) < 4.78 is 0. The number of carbonyl (C=O) groups excluding carboxylic acids is 2. The zero-order valence-electron chi connectivity index (χ0n) is 12.0. The maximum atomic E-state index is 12.0. The van der Waals surface area contributed by atoms with Crippen LogP contribution in [-0.4, -0.2) is 69.6 Å². The number of amides is 3. The second kappa shape index (κ2) is 7.37. The lowest BCUT2D eigenvalue weighted by atomic mass is 10.2. The van der Waals surface area contributed by atoms with Gasteiger partial charge in [0, 0.05) is 18.8 Å². The molecule has 0 aliphatic carbocycles. The maximum Gasteiger partial charge on any atom is 0.327 e. The van der Waals surface area contributed by atoms with Gasteiger partial charge < -0.3 is 20.2 Å². The van der Waals surface area contributed by atoms with Crippen LogP contribution in [0.3, 0.4) is 0 Å². The lowest BCUT2D eigenvalue weighted by Gasteiger charge is -2.26. The minimum atomic E-state index is -1.02. The molecule has 0 spiro atoms. The number of rotatable bonds is 5. The molecule has 2 N–H and O–H groups in total. The first-order valence-corrected chi connectivity index (χ1v) is 7.74. The van der Waals surface area contributed by atoms with Crippen molar-refractivity contribution in [2.75, 3.05) is 24.7 Å². The molecular weight excluding hydrogens is 282 g/mol. The number of carbonyl (C=O) groups is 3. The molecule has 0 bridgehead atoms. The summed E-state index contributed by atoms with van der Waals surface area (Å²) in [5, 5.41) is 11.6. The number of hydrogen-bond acceptors (Lipinski definition) is 4. The van der Waals surface area contributed by atoms with Gasteiger partial charge in [-0.15, -0.1) is 11.8 Å². The predicted molar refractivity (Wildman–Crippen MR) is 76.5 cm³/mol. The van der Waals surface area contributed by atoms with Crippen LogP contribution in [0.2, 0.25) is 0 Å². The summed E-state index contributed by atoms with van der Waals surface area (Å²) in [6.45, 7) is 6.50. The topological polar surface area (TPSA) is 90.0 Å². The highest BCUT2D eigenvalue weighted by atomic mass is 32.2. The van der Waals surface area contributed by atoms with Gasteiger partial charge in [-0.05, 0) is 20.8 Å². The van der Waals surface area contributed by atoms with Gasteiger partial charge in [0.25, 0.3) is 0 Å². The molecule has 1 aliphatic rings. The number of nitrogens with zero attached hydrogens (tertiary/aromatic N) is 2. The van der Waals surface area contributed by atoms with Crippen LogP contribution in [0.4, 0.5) is 4.79 Å². The van der Waals surface area contributed by atoms with E-state index in [1.807, 2.05) is 13.8 Å². The number of carboxylic acid groups (broad SMARTS) is 1. The molecule has 7 nitrogen and oxygen atoms in total. The minimum Gasteiger partial charge on any atom is -0.480 e. The van der Waals surface area contributed by atoms with E-state index >= 15 is 0 Å². The Labute approximate surface area is 122 Å². The molecule has 0 aromatic carbocycles. The smallest absolute Gasteiger partial charge is 0.327 e. The average Bonchev–Trinajstić information content (AvgIpc) is 2.89. The van der Waals surface area contributed by atoms with Crippen molar-refractivity contribution in [1.29, 1.82) is 0 Å². The van der Waals surface area contributed by atoms with Crippen LogP contribution in [0.5, 0.6) is 0 Å². The van der Waals surface area contributed by atoms with Gasteiger partial charge in [-0.25, -0.2) is 9.59 Å². The van der Waals surface area contributed by atoms with Crippen LogP contribution < -0.4 is 5.32 Å². The van der Waals surface area contributed by atoms with Crippen LogP contribution >= 0.6 is 11.8 Å². The number of carboxylic acids is 1. The first-order valence-electron chi connectivity index (χ1n) is 6.58. The summed E-state index contributed by atoms with van der Waals surface area (Å²) in [5.74, 6) is -0.481. The monoisotopic (exact) mass is 303 g/mol. The molecule has 1 aliphatic heterocycles. The summed E-state index contributed by atoms with van der Waals surface area (Å²) in [5.41, 5.74) is 0. The molecule has 0 aromatic rings. The SMILES string of the molecule is CCN(CC)C(=O)C(C)NC(=O)N1CSCC1C(=O)O. The van der Waals surface area contributed by atoms with E-state index < -0.39 is 24.1 Å². The second-order valence-electron chi connectivity index (χ2n) is 4.51. The summed E-state index contributed by atoms with van der Waals surface area (Å²) in [7, 11) is 0. The summed E-state index contributed by atoms with van der Waals surface area (Å²) in [6, 6.07) is -1.99. The maximum absolute atomic E-state index is 12.0. The van der Waals surface area contributed by atoms with Gasteiger partial charge in [0.2, 0.25) is 5.91 Å². The lowest BCUT2D eigenvalue weighted by molar-refractivity contribution is -0.140. The number of thioether (sulfide) groups is 1. The number of urea groups is 1. The van der Waals surface area contributed by atoms with Crippen LogP contribution in [0.25, 0.3) is 0 Å². The summed E-state index contributed by atoms with van der Waals surface area (Å²) in [6.07, 6.45) is 0. The van der Waals surface area contributed by atoms with Gasteiger partial charge in [-0.3, -0.25) is 4.79 Å². The average molecular weight is 303 g/mol. The third-order valence-electron chi connectivity index (χ3n) is 3.21. The molecule has 2 unspecified atom stereocenters. The number of nitrogens with one attached hydrogen (secondary N) is 1. The van der Waals surface area contributed by atoms with Crippen molar-refractivity contribution < 1.29 is 19.5 Å². The molecule has 0 aromatic heterocycles. The van der Waals surface area contributed by atoms with Gasteiger partial charge in [-0.1, -0.05) is 0 Å². The quantitative estimate of drug-likeness (QED) is 0.768. The van der Waals surface area contributed by atoms with Gasteiger partial charge in [0.15, 0.2) is 0 Å². The Balaban J connectivity index is 2.61. The van der Waals surface area contributed by atoms with Crippen molar-refractivity contribution >= 4 is 29.7 Å². The molecule has 3 amide bonds. The van der Waals surface area contributed by atoms with Gasteiger partial charge in [0.05, 0.1) is 5.88 Å². The molecule has 1 saturated heterocycles. The lowest BCUT2D eigenvalue weighted by Crippen LogP contribution is -2.53. The molecule has 2 atom stereocenters. The second-order valence-corrected chi connectivity index (χ2v) is 5.51. The van der Waals surface area contributed by atoms with Gasteiger partial charge in [0.1, 0.15) is 12.1 Å². The van der Waals surface area contributed by atoms with Crippen molar-refractivity contribution in [3.05, 3.63) is 0 Å². The van der Waals surface area contributed by atoms with Crippen molar-refractivity contribution in [2.45, 2.75) is 32.9 Å². The highest BCUT2D eigenvalue weighted by Crippen LogP contribution is 2.21. The largest absolute Gasteiger partial charge is 0.480 e. The third kappa shape index (κ3) is 3.78.